The van der Waals surface area contributed by atoms with Crippen LogP contribution in [0.3, 0.4) is 0 Å². The van der Waals surface area contributed by atoms with Crippen molar-refractivity contribution in [2.24, 2.45) is 5.41 Å². The summed E-state index contributed by atoms with van der Waals surface area (Å²) in [7, 11) is -4.86. The van der Waals surface area contributed by atoms with Gasteiger partial charge in [0.05, 0.1) is 18.8 Å². The van der Waals surface area contributed by atoms with Crippen LogP contribution in [0.25, 0.3) is 0 Å². The summed E-state index contributed by atoms with van der Waals surface area (Å²) in [6.07, 6.45) is -0.328. The molecule has 0 fully saturated rings. The quantitative estimate of drug-likeness (QED) is 0.212. The average Bonchev–Trinajstić information content (AvgIpc) is 2.31. The minimum absolute atomic E-state index is 0. The summed E-state index contributed by atoms with van der Waals surface area (Å²) in [5.74, 6) is -0.530. The van der Waals surface area contributed by atoms with Crippen LogP contribution in [-0.4, -0.2) is 42.9 Å². The monoisotopic (exact) mass is 327 g/mol. The van der Waals surface area contributed by atoms with Crippen LogP contribution >= 0.6 is 0 Å². The molecule has 0 aliphatic carbocycles. The van der Waals surface area contributed by atoms with Crippen LogP contribution in [0.2, 0.25) is 0 Å². The molecule has 2 unspecified atom stereocenters. The minimum Gasteiger partial charge on any atom is -0.726 e. The van der Waals surface area contributed by atoms with Gasteiger partial charge in [-0.1, -0.05) is 20.4 Å². The van der Waals surface area contributed by atoms with E-state index < -0.39 is 34.0 Å². The first-order valence-electron chi connectivity index (χ1n) is 6.11. The van der Waals surface area contributed by atoms with Crippen molar-refractivity contribution in [1.82, 2.24) is 6.15 Å². The van der Waals surface area contributed by atoms with Crippen molar-refractivity contribution in [3.05, 3.63) is 12.7 Å². The highest BCUT2D eigenvalue weighted by Gasteiger charge is 2.33. The van der Waals surface area contributed by atoms with Gasteiger partial charge >= 0.3 is 5.97 Å². The van der Waals surface area contributed by atoms with Gasteiger partial charge in [0.15, 0.2) is 0 Å². The van der Waals surface area contributed by atoms with Crippen molar-refractivity contribution in [1.29, 1.82) is 0 Å². The molecule has 8 nitrogen and oxygen atoms in total. The molecule has 0 amide bonds. The lowest BCUT2D eigenvalue weighted by molar-refractivity contribution is -0.138. The fourth-order valence-corrected chi connectivity index (χ4v) is 2.26. The molecule has 0 saturated heterocycles. The number of hydrogen-bond donors (Lipinski definition) is 2. The number of carbonyl (C=O) groups excluding carboxylic acids is 1. The van der Waals surface area contributed by atoms with Crippen LogP contribution in [0.5, 0.6) is 0 Å². The normalized spacial score (nSPS) is 14.7. The van der Waals surface area contributed by atoms with Crippen molar-refractivity contribution in [2.45, 2.75) is 45.8 Å². The predicted octanol–water partition coefficient (Wildman–Crippen LogP) is 1.12. The number of aliphatic hydroxyl groups is 1. The molecule has 0 rings (SSSR count). The Morgan fingerprint density at radius 3 is 2.43 bits per heavy atom. The zero-order chi connectivity index (χ0) is 16.0. The molecule has 2 atom stereocenters. The zero-order valence-corrected chi connectivity index (χ0v) is 13.7. The van der Waals surface area contributed by atoms with Gasteiger partial charge in [0.2, 0.25) is 10.4 Å². The highest BCUT2D eigenvalue weighted by molar-refractivity contribution is 7.80. The third kappa shape index (κ3) is 9.53. The summed E-state index contributed by atoms with van der Waals surface area (Å²) in [5, 5.41) is 10.0. The van der Waals surface area contributed by atoms with E-state index in [9.17, 15) is 22.9 Å². The van der Waals surface area contributed by atoms with Crippen LogP contribution in [-0.2, 0) is 24.1 Å². The Hall–Kier alpha value is -1.00. The molecule has 0 radical (unpaired) electrons. The summed E-state index contributed by atoms with van der Waals surface area (Å²) >= 11 is 0. The van der Waals surface area contributed by atoms with E-state index in [1.54, 1.807) is 13.8 Å². The van der Waals surface area contributed by atoms with E-state index in [2.05, 4.69) is 10.8 Å². The Labute approximate surface area is 125 Å². The van der Waals surface area contributed by atoms with Crippen LogP contribution in [0.1, 0.15) is 33.6 Å². The highest BCUT2D eigenvalue weighted by Crippen LogP contribution is 2.30. The van der Waals surface area contributed by atoms with E-state index >= 15 is 0 Å². The second-order valence-electron chi connectivity index (χ2n) is 5.12. The second kappa shape index (κ2) is 9.11. The van der Waals surface area contributed by atoms with Crippen LogP contribution in [0, 0.1) is 5.41 Å². The van der Waals surface area contributed by atoms with Gasteiger partial charge in [-0.05, 0) is 25.2 Å². The van der Waals surface area contributed by atoms with Gasteiger partial charge in [-0.3, -0.25) is 4.18 Å². The molecule has 0 aliphatic heterocycles. The summed E-state index contributed by atoms with van der Waals surface area (Å²) in [4.78, 5) is 10.8. The number of rotatable bonds is 9. The van der Waals surface area contributed by atoms with Crippen molar-refractivity contribution in [2.75, 3.05) is 6.61 Å². The topological polar surface area (TPSA) is 149 Å². The Morgan fingerprint density at radius 1 is 1.48 bits per heavy atom. The van der Waals surface area contributed by atoms with Gasteiger partial charge in [0, 0.05) is 6.08 Å². The molecule has 0 heterocycles. The molecule has 0 aromatic carbocycles. The number of ether oxygens (including phenoxy) is 1. The standard InChI is InChI=1S/C12H22O7S.H3N/c1-5-10(13)18-8-6-7-12(3,4)11(14)9(2)19-20(15,16)17;/h5,9,11,14H,1,6-8H2,2-4H3,(H,15,16,17);1H3. The second-order valence-corrected chi connectivity index (χ2v) is 6.13. The van der Waals surface area contributed by atoms with Crippen molar-refractivity contribution in [3.63, 3.8) is 0 Å². The molecule has 126 valence electrons. The summed E-state index contributed by atoms with van der Waals surface area (Å²) in [6.45, 7) is 8.12. The Morgan fingerprint density at radius 2 is 2.00 bits per heavy atom. The zero-order valence-electron chi connectivity index (χ0n) is 12.9. The maximum atomic E-state index is 10.8. The first kappa shape index (κ1) is 22.3. The Kier molecular flexibility index (Phi) is 9.66. The van der Waals surface area contributed by atoms with E-state index in [0.29, 0.717) is 12.8 Å². The van der Waals surface area contributed by atoms with E-state index in [1.165, 1.54) is 6.92 Å². The van der Waals surface area contributed by atoms with Crippen molar-refractivity contribution in [3.8, 4) is 0 Å². The highest BCUT2D eigenvalue weighted by atomic mass is 32.3. The lowest BCUT2D eigenvalue weighted by Gasteiger charge is -2.34. The van der Waals surface area contributed by atoms with Crippen molar-refractivity contribution >= 4 is 16.4 Å². The average molecular weight is 327 g/mol. The maximum absolute atomic E-state index is 10.8. The third-order valence-electron chi connectivity index (χ3n) is 2.89. The number of esters is 1. The van der Waals surface area contributed by atoms with E-state index in [0.717, 1.165) is 6.08 Å². The molecular formula is C12H25NO7S. The summed E-state index contributed by atoms with van der Waals surface area (Å²) in [6, 6.07) is 0. The molecule has 0 saturated carbocycles. The molecule has 0 aromatic heterocycles. The third-order valence-corrected chi connectivity index (χ3v) is 3.43. The molecule has 9 heteroatoms. The van der Waals surface area contributed by atoms with Crippen LogP contribution in [0.4, 0.5) is 0 Å². The lowest BCUT2D eigenvalue weighted by atomic mass is 9.80. The van der Waals surface area contributed by atoms with Gasteiger partial charge in [-0.15, -0.1) is 0 Å². The Bertz CT molecular complexity index is 433. The van der Waals surface area contributed by atoms with Crippen LogP contribution < -0.4 is 6.15 Å². The minimum atomic E-state index is -4.86. The number of quaternary nitrogens is 1. The number of hydrogen-bond acceptors (Lipinski definition) is 7. The maximum Gasteiger partial charge on any atom is 0.330 e. The number of carbonyl (C=O) groups is 1. The Balaban J connectivity index is 0. The van der Waals surface area contributed by atoms with E-state index in [4.69, 9.17) is 4.74 Å². The fourth-order valence-electron chi connectivity index (χ4n) is 1.78. The molecule has 0 aromatic rings. The van der Waals surface area contributed by atoms with Gasteiger partial charge in [-0.2, -0.15) is 0 Å². The van der Waals surface area contributed by atoms with Crippen molar-refractivity contribution < 1.29 is 31.8 Å². The SMILES string of the molecule is C=CC(=O)OCCCC(C)(C)C(O)C(C)OS(=O)(=O)[O-].[NH4+]. The molecule has 21 heavy (non-hydrogen) atoms. The first-order valence-corrected chi connectivity index (χ1v) is 7.44. The lowest BCUT2D eigenvalue weighted by Crippen LogP contribution is -2.40. The fraction of sp³-hybridized carbons (Fsp3) is 0.750. The molecule has 0 spiro atoms. The largest absolute Gasteiger partial charge is 0.726 e. The van der Waals surface area contributed by atoms with E-state index in [-0.39, 0.29) is 12.8 Å². The predicted molar refractivity (Wildman–Crippen MR) is 76.4 cm³/mol. The van der Waals surface area contributed by atoms with E-state index in [1.807, 2.05) is 0 Å². The van der Waals surface area contributed by atoms with Gasteiger partial charge in [-0.25, -0.2) is 13.2 Å². The summed E-state index contributed by atoms with van der Waals surface area (Å²) < 4.78 is 40.5. The molecule has 0 aliphatic rings. The molecule has 5 N–H and O–H groups in total. The van der Waals surface area contributed by atoms with Gasteiger partial charge in [0.25, 0.3) is 0 Å². The smallest absolute Gasteiger partial charge is 0.330 e. The first-order chi connectivity index (χ1) is 8.99. The summed E-state index contributed by atoms with van der Waals surface area (Å²) in [5.41, 5.74) is -0.704. The van der Waals surface area contributed by atoms with Gasteiger partial charge < -0.3 is 20.5 Å². The number of aliphatic hydroxyl groups excluding tert-OH is 1. The molecular weight excluding hydrogens is 302 g/mol. The van der Waals surface area contributed by atoms with Crippen LogP contribution in [0.15, 0.2) is 12.7 Å². The van der Waals surface area contributed by atoms with Gasteiger partial charge in [0.1, 0.15) is 0 Å². The molecule has 0 bridgehead atoms.